The third-order valence-corrected chi connectivity index (χ3v) is 6.64. The summed E-state index contributed by atoms with van der Waals surface area (Å²) in [6, 6.07) is 12.2. The van der Waals surface area contributed by atoms with E-state index in [4.69, 9.17) is 12.2 Å². The summed E-state index contributed by atoms with van der Waals surface area (Å²) in [5.74, 6) is -0.635. The van der Waals surface area contributed by atoms with Gasteiger partial charge in [0, 0.05) is 16.6 Å². The predicted octanol–water partition coefficient (Wildman–Crippen LogP) is 4.82. The summed E-state index contributed by atoms with van der Waals surface area (Å²) >= 11 is 13.1. The molecule has 0 saturated carbocycles. The fourth-order valence-electron chi connectivity index (χ4n) is 2.70. The Balaban J connectivity index is 1.75. The number of hydrogen-bond acceptors (Lipinski definition) is 5. The first-order valence-corrected chi connectivity index (χ1v) is 11.4. The fourth-order valence-corrected chi connectivity index (χ4v) is 5.37. The van der Waals surface area contributed by atoms with Crippen LogP contribution in [0.2, 0.25) is 0 Å². The van der Waals surface area contributed by atoms with Gasteiger partial charge in [0.25, 0.3) is 5.91 Å². The van der Waals surface area contributed by atoms with Gasteiger partial charge < -0.3 is 10.4 Å². The Morgan fingerprint density at radius 1 is 1.31 bits per heavy atom. The molecule has 29 heavy (non-hydrogen) atoms. The van der Waals surface area contributed by atoms with Crippen molar-refractivity contribution >= 4 is 78.1 Å². The Labute approximate surface area is 194 Å². The standard InChI is InChI=1S/C20H16Br2N2O3S2/c1-11(18(26)23-10-12-5-3-2-4-6-12)24-19(27)16(29-20(24)28)8-13-7-14(21)9-15(22)17(13)25/h2-9,11,25H,10H2,1H3,(H,23,26)/b16-8-. The maximum atomic E-state index is 12.9. The number of carbonyl (C=O) groups excluding carboxylic acids is 2. The normalized spacial score (nSPS) is 16.4. The highest BCUT2D eigenvalue weighted by molar-refractivity contribution is 9.11. The van der Waals surface area contributed by atoms with E-state index in [9.17, 15) is 14.7 Å². The van der Waals surface area contributed by atoms with Gasteiger partial charge in [-0.15, -0.1) is 0 Å². The Morgan fingerprint density at radius 2 is 2.00 bits per heavy atom. The third kappa shape index (κ3) is 5.09. The van der Waals surface area contributed by atoms with Crippen LogP contribution in [0.1, 0.15) is 18.1 Å². The van der Waals surface area contributed by atoms with Crippen molar-refractivity contribution < 1.29 is 14.7 Å². The lowest BCUT2D eigenvalue weighted by atomic mass is 10.1. The molecule has 1 fully saturated rings. The molecular formula is C20H16Br2N2O3S2. The molecule has 5 nitrogen and oxygen atoms in total. The summed E-state index contributed by atoms with van der Waals surface area (Å²) < 4.78 is 1.55. The first kappa shape index (κ1) is 22.0. The lowest BCUT2D eigenvalue weighted by molar-refractivity contribution is -0.132. The number of benzene rings is 2. The molecule has 3 rings (SSSR count). The molecule has 1 atom stereocenters. The summed E-state index contributed by atoms with van der Waals surface area (Å²) in [5, 5.41) is 13.1. The molecule has 1 aliphatic rings. The molecule has 1 aliphatic heterocycles. The van der Waals surface area contributed by atoms with Crippen LogP contribution in [-0.2, 0) is 16.1 Å². The summed E-state index contributed by atoms with van der Waals surface area (Å²) in [5.41, 5.74) is 1.43. The number of halogens is 2. The fraction of sp³-hybridized carbons (Fsp3) is 0.150. The van der Waals surface area contributed by atoms with Crippen molar-refractivity contribution in [3.8, 4) is 5.75 Å². The second-order valence-corrected chi connectivity index (χ2v) is 9.70. The number of aromatic hydroxyl groups is 1. The largest absolute Gasteiger partial charge is 0.506 e. The number of nitrogens with zero attached hydrogens (tertiary/aromatic N) is 1. The lowest BCUT2D eigenvalue weighted by Crippen LogP contribution is -2.46. The molecule has 150 valence electrons. The van der Waals surface area contributed by atoms with Crippen LogP contribution in [0.4, 0.5) is 0 Å². The number of nitrogens with one attached hydrogen (secondary N) is 1. The molecule has 0 bridgehead atoms. The van der Waals surface area contributed by atoms with Crippen LogP contribution >= 0.6 is 55.8 Å². The van der Waals surface area contributed by atoms with Gasteiger partial charge in [-0.25, -0.2) is 0 Å². The Bertz CT molecular complexity index is 1010. The molecule has 1 heterocycles. The van der Waals surface area contributed by atoms with E-state index in [-0.39, 0.29) is 17.6 Å². The molecule has 1 unspecified atom stereocenters. The van der Waals surface area contributed by atoms with Crippen molar-refractivity contribution in [1.82, 2.24) is 10.2 Å². The molecule has 2 aromatic carbocycles. The second kappa shape index (κ2) is 9.42. The van der Waals surface area contributed by atoms with Crippen molar-refractivity contribution in [2.45, 2.75) is 19.5 Å². The molecule has 0 spiro atoms. The molecule has 1 saturated heterocycles. The van der Waals surface area contributed by atoms with E-state index in [1.54, 1.807) is 25.1 Å². The molecule has 0 radical (unpaired) electrons. The number of carbonyl (C=O) groups is 2. The summed E-state index contributed by atoms with van der Waals surface area (Å²) in [7, 11) is 0. The Morgan fingerprint density at radius 3 is 2.69 bits per heavy atom. The van der Waals surface area contributed by atoms with Gasteiger partial charge in [-0.2, -0.15) is 0 Å². The zero-order valence-electron chi connectivity index (χ0n) is 15.2. The van der Waals surface area contributed by atoms with E-state index in [1.165, 1.54) is 4.90 Å². The van der Waals surface area contributed by atoms with Crippen molar-refractivity contribution in [2.24, 2.45) is 0 Å². The minimum Gasteiger partial charge on any atom is -0.506 e. The van der Waals surface area contributed by atoms with Crippen LogP contribution < -0.4 is 5.32 Å². The smallest absolute Gasteiger partial charge is 0.266 e. The maximum absolute atomic E-state index is 12.9. The number of phenolic OH excluding ortho intramolecular Hbond substituents is 1. The van der Waals surface area contributed by atoms with Gasteiger partial charge >= 0.3 is 0 Å². The zero-order chi connectivity index (χ0) is 21.1. The molecule has 2 N–H and O–H groups in total. The molecule has 2 aromatic rings. The molecule has 0 aromatic heterocycles. The molecular weight excluding hydrogens is 540 g/mol. The Hall–Kier alpha value is -1.68. The van der Waals surface area contributed by atoms with Gasteiger partial charge in [-0.1, -0.05) is 70.2 Å². The van der Waals surface area contributed by atoms with Crippen LogP contribution in [0.5, 0.6) is 5.75 Å². The van der Waals surface area contributed by atoms with Crippen LogP contribution in [0.15, 0.2) is 56.3 Å². The Kier molecular flexibility index (Phi) is 7.15. The predicted molar refractivity (Wildman–Crippen MR) is 126 cm³/mol. The van der Waals surface area contributed by atoms with E-state index < -0.39 is 6.04 Å². The van der Waals surface area contributed by atoms with Crippen molar-refractivity contribution in [1.29, 1.82) is 0 Å². The van der Waals surface area contributed by atoms with E-state index in [0.717, 1.165) is 21.8 Å². The van der Waals surface area contributed by atoms with Crippen LogP contribution in [0.3, 0.4) is 0 Å². The van der Waals surface area contributed by atoms with E-state index in [2.05, 4.69) is 37.2 Å². The van der Waals surface area contributed by atoms with Gasteiger partial charge in [-0.3, -0.25) is 14.5 Å². The van der Waals surface area contributed by atoms with Crippen molar-refractivity contribution in [3.05, 3.63) is 67.4 Å². The highest BCUT2D eigenvalue weighted by Crippen LogP contribution is 2.38. The lowest BCUT2D eigenvalue weighted by Gasteiger charge is -2.22. The maximum Gasteiger partial charge on any atom is 0.266 e. The summed E-state index contributed by atoms with van der Waals surface area (Å²) in [6.45, 7) is 2.01. The second-order valence-electron chi connectivity index (χ2n) is 6.26. The van der Waals surface area contributed by atoms with Gasteiger partial charge in [0.1, 0.15) is 16.1 Å². The zero-order valence-corrected chi connectivity index (χ0v) is 20.0. The summed E-state index contributed by atoms with van der Waals surface area (Å²) in [6.07, 6.45) is 1.57. The molecule has 0 aliphatic carbocycles. The van der Waals surface area contributed by atoms with Crippen LogP contribution in [0.25, 0.3) is 6.08 Å². The molecule has 9 heteroatoms. The average Bonchev–Trinajstić information content (AvgIpc) is 2.97. The summed E-state index contributed by atoms with van der Waals surface area (Å²) in [4.78, 5) is 27.1. The average molecular weight is 556 g/mol. The first-order chi connectivity index (χ1) is 13.8. The molecule has 2 amide bonds. The van der Waals surface area contributed by atoms with E-state index in [0.29, 0.717) is 25.8 Å². The highest BCUT2D eigenvalue weighted by Gasteiger charge is 2.38. The highest BCUT2D eigenvalue weighted by atomic mass is 79.9. The number of hydrogen-bond donors (Lipinski definition) is 2. The number of rotatable bonds is 5. The van der Waals surface area contributed by atoms with Crippen LogP contribution in [0, 0.1) is 0 Å². The van der Waals surface area contributed by atoms with Crippen molar-refractivity contribution in [3.63, 3.8) is 0 Å². The van der Waals surface area contributed by atoms with E-state index in [1.807, 2.05) is 30.3 Å². The quantitative estimate of drug-likeness (QED) is 0.409. The topological polar surface area (TPSA) is 69.6 Å². The van der Waals surface area contributed by atoms with Crippen molar-refractivity contribution in [2.75, 3.05) is 0 Å². The minimum atomic E-state index is -0.750. The first-order valence-electron chi connectivity index (χ1n) is 8.54. The van der Waals surface area contributed by atoms with Crippen LogP contribution in [-0.4, -0.2) is 32.2 Å². The van der Waals surface area contributed by atoms with Gasteiger partial charge in [0.2, 0.25) is 5.91 Å². The number of thioether (sulfide) groups is 1. The number of amides is 2. The van der Waals surface area contributed by atoms with Gasteiger partial charge in [0.05, 0.1) is 9.38 Å². The number of phenols is 1. The third-order valence-electron chi connectivity index (χ3n) is 4.24. The number of thiocarbonyl (C=S) groups is 1. The monoisotopic (exact) mass is 554 g/mol. The SMILES string of the molecule is CC(C(=O)NCc1ccccc1)N1C(=O)/C(=C/c2cc(Br)cc(Br)c2O)SC1=S. The van der Waals surface area contributed by atoms with Gasteiger partial charge in [0.15, 0.2) is 0 Å². The van der Waals surface area contributed by atoms with Gasteiger partial charge in [-0.05, 0) is 46.6 Å². The van der Waals surface area contributed by atoms with E-state index >= 15 is 0 Å². The minimum absolute atomic E-state index is 0.0205.